The zero-order valence-electron chi connectivity index (χ0n) is 10.6. The highest BCUT2D eigenvalue weighted by Crippen LogP contribution is 2.18. The predicted molar refractivity (Wildman–Crippen MR) is 73.9 cm³/mol. The van der Waals surface area contributed by atoms with Crippen LogP contribution in [0.25, 0.3) is 0 Å². The Kier molecular flexibility index (Phi) is 4.52. The molecule has 0 saturated carbocycles. The van der Waals surface area contributed by atoms with Crippen molar-refractivity contribution in [2.75, 3.05) is 19.0 Å². The van der Waals surface area contributed by atoms with Crippen LogP contribution in [-0.2, 0) is 4.79 Å². The molecule has 102 valence electrons. The Morgan fingerprint density at radius 3 is 2.70 bits per heavy atom. The molecule has 0 aliphatic heterocycles. The highest BCUT2D eigenvalue weighted by Gasteiger charge is 2.07. The van der Waals surface area contributed by atoms with Crippen LogP contribution in [0.15, 0.2) is 30.5 Å². The van der Waals surface area contributed by atoms with Gasteiger partial charge < -0.3 is 9.47 Å². The molecule has 1 aromatic carbocycles. The van der Waals surface area contributed by atoms with Crippen LogP contribution in [-0.4, -0.2) is 24.6 Å². The lowest BCUT2D eigenvalue weighted by Crippen LogP contribution is -2.19. The van der Waals surface area contributed by atoms with E-state index in [-0.39, 0.29) is 12.5 Å². The second-order valence-corrected chi connectivity index (χ2v) is 4.68. The first kappa shape index (κ1) is 13.8. The maximum absolute atomic E-state index is 11.6. The Balaban J connectivity index is 1.84. The summed E-state index contributed by atoms with van der Waals surface area (Å²) in [4.78, 5) is 16.0. The monoisotopic (exact) mass is 289 g/mol. The summed E-state index contributed by atoms with van der Waals surface area (Å²) in [5.41, 5.74) is 0. The van der Waals surface area contributed by atoms with Crippen molar-refractivity contribution in [2.45, 2.75) is 0 Å². The first-order valence-electron chi connectivity index (χ1n) is 5.64. The van der Waals surface area contributed by atoms with E-state index < -0.39 is 0 Å². The molecule has 0 spiro atoms. The van der Waals surface area contributed by atoms with Gasteiger partial charge in [-0.25, -0.2) is 4.98 Å². The first-order valence-corrected chi connectivity index (χ1v) is 6.45. The van der Waals surface area contributed by atoms with Gasteiger partial charge in [0.15, 0.2) is 11.7 Å². The molecular formula is C13H11N3O3S. The lowest BCUT2D eigenvalue weighted by molar-refractivity contribution is -0.118. The lowest BCUT2D eigenvalue weighted by atomic mass is 10.3. The van der Waals surface area contributed by atoms with E-state index >= 15 is 0 Å². The summed E-state index contributed by atoms with van der Waals surface area (Å²) < 4.78 is 10.3. The summed E-state index contributed by atoms with van der Waals surface area (Å²) in [6.45, 7) is -0.131. The summed E-state index contributed by atoms with van der Waals surface area (Å²) in [6.07, 6.45) is 1.41. The van der Waals surface area contributed by atoms with E-state index in [1.165, 1.54) is 6.20 Å². The van der Waals surface area contributed by atoms with Gasteiger partial charge in [0, 0.05) is 0 Å². The van der Waals surface area contributed by atoms with Crippen molar-refractivity contribution in [1.29, 1.82) is 5.26 Å². The van der Waals surface area contributed by atoms with E-state index in [4.69, 9.17) is 14.7 Å². The van der Waals surface area contributed by atoms with Crippen LogP contribution in [0.5, 0.6) is 11.5 Å². The lowest BCUT2D eigenvalue weighted by Gasteiger charge is -2.06. The third kappa shape index (κ3) is 3.70. The number of aromatic nitrogens is 1. The molecule has 1 heterocycles. The number of hydrogen-bond acceptors (Lipinski definition) is 6. The second-order valence-electron chi connectivity index (χ2n) is 3.65. The number of benzene rings is 1. The fourth-order valence-corrected chi connectivity index (χ4v) is 1.99. The van der Waals surface area contributed by atoms with Gasteiger partial charge in [0.05, 0.1) is 13.3 Å². The molecule has 0 atom stereocenters. The summed E-state index contributed by atoms with van der Waals surface area (Å²) >= 11 is 1.11. The zero-order valence-corrected chi connectivity index (χ0v) is 11.4. The number of carbonyl (C=O) groups excluding carboxylic acids is 1. The standard InChI is InChI=1S/C13H11N3O3S/c1-18-9-2-4-10(5-3-9)19-8-12(17)16-13-15-7-11(6-14)20-13/h2-5,7H,8H2,1H3,(H,15,16,17). The van der Waals surface area contributed by atoms with Gasteiger partial charge in [-0.2, -0.15) is 5.26 Å². The number of methoxy groups -OCH3 is 1. The van der Waals surface area contributed by atoms with Crippen LogP contribution >= 0.6 is 11.3 Å². The Morgan fingerprint density at radius 2 is 2.10 bits per heavy atom. The summed E-state index contributed by atoms with van der Waals surface area (Å²) in [7, 11) is 1.58. The molecule has 20 heavy (non-hydrogen) atoms. The number of nitriles is 1. The van der Waals surface area contributed by atoms with Crippen LogP contribution in [0.3, 0.4) is 0 Å². The number of thiazole rings is 1. The largest absolute Gasteiger partial charge is 0.497 e. The second kappa shape index (κ2) is 6.54. The quantitative estimate of drug-likeness (QED) is 0.910. The Bertz CT molecular complexity index is 631. The minimum Gasteiger partial charge on any atom is -0.497 e. The van der Waals surface area contributed by atoms with Gasteiger partial charge in [0.25, 0.3) is 5.91 Å². The molecule has 1 N–H and O–H groups in total. The van der Waals surface area contributed by atoms with Crippen LogP contribution in [0.4, 0.5) is 5.13 Å². The maximum atomic E-state index is 11.6. The zero-order chi connectivity index (χ0) is 14.4. The molecule has 7 heteroatoms. The van der Waals surface area contributed by atoms with Crippen molar-refractivity contribution >= 4 is 22.4 Å². The van der Waals surface area contributed by atoms with Crippen LogP contribution in [0.2, 0.25) is 0 Å². The summed E-state index contributed by atoms with van der Waals surface area (Å²) in [6, 6.07) is 8.86. The molecule has 0 aliphatic rings. The summed E-state index contributed by atoms with van der Waals surface area (Å²) in [5.74, 6) is 0.950. The van der Waals surface area contributed by atoms with Crippen molar-refractivity contribution in [2.24, 2.45) is 0 Å². The first-order chi connectivity index (χ1) is 9.71. The fraction of sp³-hybridized carbons (Fsp3) is 0.154. The smallest absolute Gasteiger partial charge is 0.264 e. The Morgan fingerprint density at radius 1 is 1.40 bits per heavy atom. The van der Waals surface area contributed by atoms with Gasteiger partial charge in [-0.15, -0.1) is 0 Å². The third-order valence-corrected chi connectivity index (χ3v) is 3.11. The molecule has 2 aromatic rings. The fourth-order valence-electron chi connectivity index (χ4n) is 1.36. The highest BCUT2D eigenvalue weighted by molar-refractivity contribution is 7.16. The topological polar surface area (TPSA) is 84.2 Å². The maximum Gasteiger partial charge on any atom is 0.264 e. The van der Waals surface area contributed by atoms with E-state index in [9.17, 15) is 4.79 Å². The molecule has 0 saturated heterocycles. The predicted octanol–water partition coefficient (Wildman–Crippen LogP) is 2.04. The van der Waals surface area contributed by atoms with E-state index in [0.717, 1.165) is 11.3 Å². The van der Waals surface area contributed by atoms with Gasteiger partial charge >= 0.3 is 0 Å². The highest BCUT2D eigenvalue weighted by atomic mass is 32.1. The summed E-state index contributed by atoms with van der Waals surface area (Å²) in [5, 5.41) is 11.6. The van der Waals surface area contributed by atoms with Crippen molar-refractivity contribution in [3.63, 3.8) is 0 Å². The number of amides is 1. The van der Waals surface area contributed by atoms with E-state index in [2.05, 4.69) is 10.3 Å². The molecule has 0 bridgehead atoms. The number of carbonyl (C=O) groups is 1. The van der Waals surface area contributed by atoms with Gasteiger partial charge in [-0.1, -0.05) is 11.3 Å². The van der Waals surface area contributed by atoms with E-state index in [0.29, 0.717) is 21.5 Å². The van der Waals surface area contributed by atoms with Crippen molar-refractivity contribution in [3.05, 3.63) is 35.3 Å². The average Bonchev–Trinajstić information content (AvgIpc) is 2.93. The SMILES string of the molecule is COc1ccc(OCC(=O)Nc2ncc(C#N)s2)cc1. The molecule has 1 amide bonds. The minimum atomic E-state index is -0.334. The van der Waals surface area contributed by atoms with Gasteiger partial charge in [0.2, 0.25) is 0 Å². The number of hydrogen-bond donors (Lipinski definition) is 1. The molecule has 6 nitrogen and oxygen atoms in total. The van der Waals surface area contributed by atoms with Crippen molar-refractivity contribution in [3.8, 4) is 17.6 Å². The van der Waals surface area contributed by atoms with Crippen molar-refractivity contribution in [1.82, 2.24) is 4.98 Å². The van der Waals surface area contributed by atoms with Gasteiger partial charge in [0.1, 0.15) is 22.4 Å². The average molecular weight is 289 g/mol. The third-order valence-electron chi connectivity index (χ3n) is 2.29. The molecule has 1 aromatic heterocycles. The van der Waals surface area contributed by atoms with E-state index in [1.807, 2.05) is 6.07 Å². The van der Waals surface area contributed by atoms with Gasteiger partial charge in [-0.05, 0) is 24.3 Å². The van der Waals surface area contributed by atoms with Crippen molar-refractivity contribution < 1.29 is 14.3 Å². The minimum absolute atomic E-state index is 0.131. The molecule has 0 fully saturated rings. The number of rotatable bonds is 5. The number of ether oxygens (including phenoxy) is 2. The Hall–Kier alpha value is -2.59. The number of nitrogens with one attached hydrogen (secondary N) is 1. The molecule has 0 radical (unpaired) electrons. The molecule has 0 aliphatic carbocycles. The number of nitrogens with zero attached hydrogens (tertiary/aromatic N) is 2. The van der Waals surface area contributed by atoms with Crippen LogP contribution in [0, 0.1) is 11.3 Å². The normalized spacial score (nSPS) is 9.60. The van der Waals surface area contributed by atoms with Gasteiger partial charge in [-0.3, -0.25) is 10.1 Å². The molecule has 2 rings (SSSR count). The molecular weight excluding hydrogens is 278 g/mol. The van der Waals surface area contributed by atoms with Crippen LogP contribution < -0.4 is 14.8 Å². The molecule has 0 unspecified atom stereocenters. The van der Waals surface area contributed by atoms with Crippen LogP contribution in [0.1, 0.15) is 4.88 Å². The van der Waals surface area contributed by atoms with E-state index in [1.54, 1.807) is 31.4 Å². The Labute approximate surface area is 119 Å². The number of anilines is 1.